The van der Waals surface area contributed by atoms with Crippen molar-refractivity contribution in [3.8, 4) is 0 Å². The van der Waals surface area contributed by atoms with Crippen molar-refractivity contribution in [1.29, 1.82) is 0 Å². The number of carbonyl (C=O) groups excluding carboxylic acids is 1. The van der Waals surface area contributed by atoms with Gasteiger partial charge in [-0.3, -0.25) is 4.79 Å². The van der Waals surface area contributed by atoms with Crippen molar-refractivity contribution in [3.63, 3.8) is 0 Å². The van der Waals surface area contributed by atoms with Crippen LogP contribution in [0.4, 0.5) is 0 Å². The van der Waals surface area contributed by atoms with Crippen molar-refractivity contribution in [2.45, 2.75) is 44.4 Å². The molecule has 1 amide bonds. The Morgan fingerprint density at radius 2 is 1.76 bits per heavy atom. The van der Waals surface area contributed by atoms with Gasteiger partial charge in [0.2, 0.25) is 10.0 Å². The zero-order chi connectivity index (χ0) is 16.0. The molecule has 7 heteroatoms. The molecular formula is C14H25N3O3S. The summed E-state index contributed by atoms with van der Waals surface area (Å²) in [5, 5.41) is 5.11. The highest BCUT2D eigenvalue weighted by Crippen LogP contribution is 2.15. The molecule has 0 atom stereocenters. The number of primary sulfonamides is 1. The number of sulfonamides is 1. The normalized spacial score (nSPS) is 11.6. The number of nitrogens with two attached hydrogens (primary N) is 1. The second kappa shape index (κ2) is 7.61. The van der Waals surface area contributed by atoms with Crippen LogP contribution in [0, 0.1) is 0 Å². The van der Waals surface area contributed by atoms with Crippen LogP contribution in [0.15, 0.2) is 17.2 Å². The van der Waals surface area contributed by atoms with Gasteiger partial charge in [-0.15, -0.1) is 0 Å². The Morgan fingerprint density at radius 3 is 2.14 bits per heavy atom. The average molecular weight is 315 g/mol. The first-order valence-electron chi connectivity index (χ1n) is 7.29. The fourth-order valence-corrected chi connectivity index (χ4v) is 2.66. The van der Waals surface area contributed by atoms with E-state index < -0.39 is 10.0 Å². The van der Waals surface area contributed by atoms with Crippen LogP contribution in [0.2, 0.25) is 0 Å². The Bertz CT molecular complexity index is 570. The van der Waals surface area contributed by atoms with Crippen molar-refractivity contribution >= 4 is 15.9 Å². The van der Waals surface area contributed by atoms with Crippen LogP contribution in [0.25, 0.3) is 0 Å². The van der Waals surface area contributed by atoms with E-state index in [2.05, 4.69) is 13.8 Å². The second-order valence-electron chi connectivity index (χ2n) is 5.22. The molecule has 1 rings (SSSR count). The van der Waals surface area contributed by atoms with E-state index in [0.717, 1.165) is 25.7 Å². The summed E-state index contributed by atoms with van der Waals surface area (Å²) in [6.45, 7) is 5.52. The van der Waals surface area contributed by atoms with Gasteiger partial charge in [0.25, 0.3) is 5.91 Å². The van der Waals surface area contributed by atoms with Gasteiger partial charge < -0.3 is 9.47 Å². The number of hydrogen-bond donors (Lipinski definition) is 1. The number of hydrogen-bond acceptors (Lipinski definition) is 3. The van der Waals surface area contributed by atoms with Gasteiger partial charge in [-0.05, 0) is 18.9 Å². The van der Waals surface area contributed by atoms with E-state index in [4.69, 9.17) is 5.14 Å². The number of rotatable bonds is 8. The molecule has 0 radical (unpaired) electrons. The standard InChI is InChI=1S/C14H25N3O3S/c1-4-6-8-17(9-7-5-2)14(18)13-10-12(11-16(13)3)21(15,19)20/h10-11H,4-9H2,1-3H3,(H2,15,19,20). The lowest BCUT2D eigenvalue weighted by molar-refractivity contribution is 0.0741. The second-order valence-corrected chi connectivity index (χ2v) is 6.78. The van der Waals surface area contributed by atoms with E-state index in [-0.39, 0.29) is 10.8 Å². The van der Waals surface area contributed by atoms with E-state index >= 15 is 0 Å². The first-order valence-corrected chi connectivity index (χ1v) is 8.84. The summed E-state index contributed by atoms with van der Waals surface area (Å²) in [7, 11) is -2.14. The minimum absolute atomic E-state index is 0.0284. The zero-order valence-electron chi connectivity index (χ0n) is 13.0. The first-order chi connectivity index (χ1) is 9.81. The fourth-order valence-electron chi connectivity index (χ4n) is 2.08. The molecule has 21 heavy (non-hydrogen) atoms. The molecule has 1 heterocycles. The van der Waals surface area contributed by atoms with Crippen molar-refractivity contribution in [3.05, 3.63) is 18.0 Å². The Labute approximate surface area is 127 Å². The van der Waals surface area contributed by atoms with Crippen molar-refractivity contribution < 1.29 is 13.2 Å². The molecule has 1 aromatic heterocycles. The van der Waals surface area contributed by atoms with Crippen LogP contribution in [0.3, 0.4) is 0 Å². The summed E-state index contributed by atoms with van der Waals surface area (Å²) >= 11 is 0. The van der Waals surface area contributed by atoms with Gasteiger partial charge in [0.05, 0.1) is 0 Å². The van der Waals surface area contributed by atoms with Crippen LogP contribution in [-0.2, 0) is 17.1 Å². The third kappa shape index (κ3) is 4.86. The maximum absolute atomic E-state index is 12.6. The van der Waals surface area contributed by atoms with Gasteiger partial charge in [-0.25, -0.2) is 13.6 Å². The average Bonchev–Trinajstić information content (AvgIpc) is 2.80. The number of carbonyl (C=O) groups is 1. The summed E-state index contributed by atoms with van der Waals surface area (Å²) in [5.74, 6) is -0.144. The Hall–Kier alpha value is -1.34. The predicted octanol–water partition coefficient (Wildman–Crippen LogP) is 1.71. The third-order valence-corrected chi connectivity index (χ3v) is 4.26. The predicted molar refractivity (Wildman–Crippen MR) is 82.5 cm³/mol. The summed E-state index contributed by atoms with van der Waals surface area (Å²) in [4.78, 5) is 14.3. The highest BCUT2D eigenvalue weighted by molar-refractivity contribution is 7.89. The monoisotopic (exact) mass is 315 g/mol. The minimum Gasteiger partial charge on any atom is -0.345 e. The SMILES string of the molecule is CCCCN(CCCC)C(=O)c1cc(S(N)(=O)=O)cn1C. The quantitative estimate of drug-likeness (QED) is 0.792. The van der Waals surface area contributed by atoms with Crippen LogP contribution in [0.5, 0.6) is 0 Å². The number of amides is 1. The Kier molecular flexibility index (Phi) is 6.42. The van der Waals surface area contributed by atoms with Crippen molar-refractivity contribution in [2.24, 2.45) is 12.2 Å². The van der Waals surface area contributed by atoms with Crippen molar-refractivity contribution in [1.82, 2.24) is 9.47 Å². The van der Waals surface area contributed by atoms with Gasteiger partial charge in [0.15, 0.2) is 0 Å². The van der Waals surface area contributed by atoms with E-state index in [1.165, 1.54) is 16.8 Å². The molecule has 0 unspecified atom stereocenters. The summed E-state index contributed by atoms with van der Waals surface area (Å²) in [6.07, 6.45) is 5.25. The van der Waals surface area contributed by atoms with Gasteiger partial charge >= 0.3 is 0 Å². The van der Waals surface area contributed by atoms with E-state index in [1.54, 1.807) is 11.9 Å². The molecule has 0 saturated carbocycles. The molecule has 120 valence electrons. The lowest BCUT2D eigenvalue weighted by Gasteiger charge is -2.22. The highest BCUT2D eigenvalue weighted by atomic mass is 32.2. The lowest BCUT2D eigenvalue weighted by Crippen LogP contribution is -2.34. The summed E-state index contributed by atoms with van der Waals surface area (Å²) in [5.41, 5.74) is 0.353. The molecule has 0 aliphatic rings. The summed E-state index contributed by atoms with van der Waals surface area (Å²) < 4.78 is 24.3. The molecule has 1 aromatic rings. The smallest absolute Gasteiger partial charge is 0.270 e. The van der Waals surface area contributed by atoms with Gasteiger partial charge in [0.1, 0.15) is 10.6 Å². The van der Waals surface area contributed by atoms with Gasteiger partial charge in [-0.1, -0.05) is 26.7 Å². The minimum atomic E-state index is -3.79. The number of aromatic nitrogens is 1. The number of aryl methyl sites for hydroxylation is 1. The lowest BCUT2D eigenvalue weighted by atomic mass is 10.2. The first kappa shape index (κ1) is 17.7. The van der Waals surface area contributed by atoms with E-state index in [9.17, 15) is 13.2 Å². The molecule has 0 aromatic carbocycles. The molecule has 0 aliphatic heterocycles. The molecule has 6 nitrogen and oxygen atoms in total. The van der Waals surface area contributed by atoms with Crippen LogP contribution in [0.1, 0.15) is 50.0 Å². The maximum atomic E-state index is 12.6. The molecule has 0 aliphatic carbocycles. The number of nitrogens with zero attached hydrogens (tertiary/aromatic N) is 2. The molecule has 0 spiro atoms. The van der Waals surface area contributed by atoms with Crippen LogP contribution >= 0.6 is 0 Å². The maximum Gasteiger partial charge on any atom is 0.270 e. The molecule has 2 N–H and O–H groups in total. The summed E-state index contributed by atoms with van der Waals surface area (Å²) in [6, 6.07) is 1.35. The van der Waals surface area contributed by atoms with Gasteiger partial charge in [0, 0.05) is 26.3 Å². The number of unbranched alkanes of at least 4 members (excludes halogenated alkanes) is 2. The van der Waals surface area contributed by atoms with Crippen LogP contribution < -0.4 is 5.14 Å². The van der Waals surface area contributed by atoms with Gasteiger partial charge in [-0.2, -0.15) is 0 Å². The largest absolute Gasteiger partial charge is 0.345 e. The van der Waals surface area contributed by atoms with E-state index in [0.29, 0.717) is 18.8 Å². The van der Waals surface area contributed by atoms with E-state index in [1.807, 2.05) is 0 Å². The molecule has 0 fully saturated rings. The van der Waals surface area contributed by atoms with Crippen LogP contribution in [-0.4, -0.2) is 36.9 Å². The van der Waals surface area contributed by atoms with Crippen molar-refractivity contribution in [2.75, 3.05) is 13.1 Å². The molecule has 0 saturated heterocycles. The zero-order valence-corrected chi connectivity index (χ0v) is 13.8. The third-order valence-electron chi connectivity index (χ3n) is 3.38. The highest BCUT2D eigenvalue weighted by Gasteiger charge is 2.21. The fraction of sp³-hybridized carbons (Fsp3) is 0.643. The Morgan fingerprint density at radius 1 is 1.24 bits per heavy atom. The molecular weight excluding hydrogens is 290 g/mol. The Balaban J connectivity index is 2.99. The molecule has 0 bridgehead atoms. The topological polar surface area (TPSA) is 85.4 Å².